The van der Waals surface area contributed by atoms with Crippen LogP contribution in [-0.4, -0.2) is 29.2 Å². The minimum atomic E-state index is -0.349. The summed E-state index contributed by atoms with van der Waals surface area (Å²) in [6, 6.07) is 6.95. The largest absolute Gasteiger partial charge is 0.496 e. The molecule has 0 bridgehead atoms. The van der Waals surface area contributed by atoms with Crippen LogP contribution >= 0.6 is 22.6 Å². The van der Waals surface area contributed by atoms with E-state index in [-0.39, 0.29) is 11.8 Å². The van der Waals surface area contributed by atoms with Crippen molar-refractivity contribution in [3.05, 3.63) is 64.0 Å². The number of imidazole rings is 1. The zero-order valence-electron chi connectivity index (χ0n) is 14.7. The van der Waals surface area contributed by atoms with Gasteiger partial charge < -0.3 is 10.1 Å². The highest BCUT2D eigenvalue weighted by Gasteiger charge is 2.20. The van der Waals surface area contributed by atoms with Crippen LogP contribution in [-0.2, 0) is 6.42 Å². The molecule has 8 heteroatoms. The van der Waals surface area contributed by atoms with Gasteiger partial charge in [0.05, 0.1) is 22.4 Å². The molecule has 0 unspecified atom stereocenters. The SMILES string of the molecule is COc1ccc(-c2[nH+]ccn2C(=O)NCCCc2cncc(F)c2)cc1I. The van der Waals surface area contributed by atoms with Crippen molar-refractivity contribution < 1.29 is 18.9 Å². The van der Waals surface area contributed by atoms with Crippen LogP contribution in [0.5, 0.6) is 5.75 Å². The molecule has 3 rings (SSSR count). The summed E-state index contributed by atoms with van der Waals surface area (Å²) in [5.74, 6) is 1.12. The number of aromatic amines is 1. The second-order valence-corrected chi connectivity index (χ2v) is 7.04. The van der Waals surface area contributed by atoms with Crippen molar-refractivity contribution in [3.63, 3.8) is 0 Å². The van der Waals surface area contributed by atoms with Gasteiger partial charge in [0.15, 0.2) is 0 Å². The van der Waals surface area contributed by atoms with Crippen LogP contribution in [0, 0.1) is 9.39 Å². The molecule has 0 atom stereocenters. The van der Waals surface area contributed by atoms with Gasteiger partial charge in [-0.1, -0.05) is 0 Å². The van der Waals surface area contributed by atoms with Crippen LogP contribution in [0.3, 0.4) is 0 Å². The zero-order valence-corrected chi connectivity index (χ0v) is 16.9. The molecule has 0 saturated carbocycles. The lowest BCUT2D eigenvalue weighted by molar-refractivity contribution is -0.363. The Labute approximate surface area is 169 Å². The summed E-state index contributed by atoms with van der Waals surface area (Å²) in [5, 5.41) is 2.88. The first-order chi connectivity index (χ1) is 13.1. The molecule has 1 aromatic carbocycles. The number of hydrogen-bond acceptors (Lipinski definition) is 3. The lowest BCUT2D eigenvalue weighted by Crippen LogP contribution is -2.30. The zero-order chi connectivity index (χ0) is 19.2. The summed E-state index contributed by atoms with van der Waals surface area (Å²) in [6.45, 7) is 0.479. The summed E-state index contributed by atoms with van der Waals surface area (Å²) in [4.78, 5) is 19.4. The fraction of sp³-hybridized carbons (Fsp3) is 0.211. The first-order valence-corrected chi connectivity index (χ1v) is 9.47. The average molecular weight is 481 g/mol. The van der Waals surface area contributed by atoms with Crippen LogP contribution in [0.15, 0.2) is 49.1 Å². The molecule has 1 amide bonds. The fourth-order valence-electron chi connectivity index (χ4n) is 2.71. The quantitative estimate of drug-likeness (QED) is 0.434. The van der Waals surface area contributed by atoms with E-state index in [0.29, 0.717) is 25.2 Å². The molecule has 2 N–H and O–H groups in total. The van der Waals surface area contributed by atoms with Crippen LogP contribution in [0.25, 0.3) is 11.4 Å². The van der Waals surface area contributed by atoms with Gasteiger partial charge in [0.25, 0.3) is 5.82 Å². The van der Waals surface area contributed by atoms with E-state index in [1.54, 1.807) is 25.7 Å². The van der Waals surface area contributed by atoms with Gasteiger partial charge in [0.1, 0.15) is 24.0 Å². The lowest BCUT2D eigenvalue weighted by Gasteiger charge is -2.06. The first-order valence-electron chi connectivity index (χ1n) is 8.39. The Morgan fingerprint density at radius 2 is 2.22 bits per heavy atom. The molecule has 0 saturated heterocycles. The van der Waals surface area contributed by atoms with Crippen molar-refractivity contribution in [2.75, 3.05) is 13.7 Å². The molecule has 0 aliphatic carbocycles. The van der Waals surface area contributed by atoms with Crippen LogP contribution in [0.4, 0.5) is 9.18 Å². The maximum atomic E-state index is 13.1. The molecule has 0 spiro atoms. The number of carbonyl (C=O) groups is 1. The molecule has 0 aliphatic rings. The summed E-state index contributed by atoms with van der Waals surface area (Å²) < 4.78 is 20.9. The number of rotatable bonds is 6. The lowest BCUT2D eigenvalue weighted by atomic mass is 10.1. The smallest absolute Gasteiger partial charge is 0.413 e. The number of H-pyrrole nitrogens is 1. The Bertz CT molecular complexity index is 945. The molecule has 27 heavy (non-hydrogen) atoms. The normalized spacial score (nSPS) is 10.6. The van der Waals surface area contributed by atoms with Gasteiger partial charge >= 0.3 is 6.03 Å². The third-order valence-corrected chi connectivity index (χ3v) is 4.85. The number of halogens is 2. The Morgan fingerprint density at radius 1 is 1.37 bits per heavy atom. The summed E-state index contributed by atoms with van der Waals surface area (Å²) in [6.07, 6.45) is 7.54. The number of aryl methyl sites for hydroxylation is 1. The molecule has 0 radical (unpaired) electrons. The van der Waals surface area contributed by atoms with E-state index in [9.17, 15) is 9.18 Å². The molecule has 2 heterocycles. The predicted octanol–water partition coefficient (Wildman–Crippen LogP) is 3.31. The minimum absolute atomic E-state index is 0.227. The van der Waals surface area contributed by atoms with E-state index < -0.39 is 0 Å². The second kappa shape index (κ2) is 8.94. The number of hydrogen-bond donors (Lipinski definition) is 1. The molecule has 2 aromatic heterocycles. The highest BCUT2D eigenvalue weighted by atomic mass is 127. The van der Waals surface area contributed by atoms with Gasteiger partial charge in [-0.2, -0.15) is 0 Å². The molecular formula is C19H19FIN4O2+. The van der Waals surface area contributed by atoms with Crippen molar-refractivity contribution in [2.24, 2.45) is 0 Å². The van der Waals surface area contributed by atoms with Gasteiger partial charge in [0, 0.05) is 12.7 Å². The summed E-state index contributed by atoms with van der Waals surface area (Å²) >= 11 is 2.19. The van der Waals surface area contributed by atoms with Gasteiger partial charge in [-0.3, -0.25) is 4.98 Å². The minimum Gasteiger partial charge on any atom is -0.496 e. The van der Waals surface area contributed by atoms with E-state index in [2.05, 4.69) is 37.9 Å². The molecule has 6 nitrogen and oxygen atoms in total. The molecular weight excluding hydrogens is 462 g/mol. The van der Waals surface area contributed by atoms with Gasteiger partial charge in [-0.05, 0) is 65.3 Å². The first kappa shape index (κ1) is 19.3. The topological polar surface area (TPSA) is 70.3 Å². The van der Waals surface area contributed by atoms with E-state index >= 15 is 0 Å². The highest BCUT2D eigenvalue weighted by molar-refractivity contribution is 14.1. The maximum absolute atomic E-state index is 13.1. The number of nitrogens with zero attached hydrogens (tertiary/aromatic N) is 2. The molecule has 0 aliphatic heterocycles. The van der Waals surface area contributed by atoms with Crippen molar-refractivity contribution in [1.29, 1.82) is 0 Å². The van der Waals surface area contributed by atoms with Crippen LogP contribution in [0.2, 0.25) is 0 Å². The molecule has 140 valence electrons. The second-order valence-electron chi connectivity index (χ2n) is 5.87. The number of nitrogens with one attached hydrogen (secondary N) is 2. The van der Waals surface area contributed by atoms with E-state index in [1.807, 2.05) is 18.2 Å². The Morgan fingerprint density at radius 3 is 2.96 bits per heavy atom. The Kier molecular flexibility index (Phi) is 6.38. The number of carbonyl (C=O) groups excluding carboxylic acids is 1. The van der Waals surface area contributed by atoms with E-state index in [4.69, 9.17) is 4.74 Å². The third-order valence-electron chi connectivity index (χ3n) is 4.01. The Balaban J connectivity index is 1.61. The van der Waals surface area contributed by atoms with Gasteiger partial charge in [-0.15, -0.1) is 4.57 Å². The van der Waals surface area contributed by atoms with Crippen LogP contribution in [0.1, 0.15) is 12.0 Å². The number of aromatic nitrogens is 3. The van der Waals surface area contributed by atoms with Crippen LogP contribution < -0.4 is 15.0 Å². The number of amides is 1. The number of pyridine rings is 1. The number of ether oxygens (including phenoxy) is 1. The predicted molar refractivity (Wildman–Crippen MR) is 107 cm³/mol. The highest BCUT2D eigenvalue weighted by Crippen LogP contribution is 2.25. The standard InChI is InChI=1S/C19H18FIN4O2/c1-27-17-5-4-14(10-16(17)21)18-23-7-8-25(18)19(26)24-6-2-3-13-9-15(20)12-22-11-13/h4-5,7-12H,2-3,6H2,1H3,(H,24,26)/p+1. The fourth-order valence-corrected chi connectivity index (χ4v) is 3.44. The molecule has 0 fully saturated rings. The van der Waals surface area contributed by atoms with Crippen molar-refractivity contribution in [3.8, 4) is 17.1 Å². The van der Waals surface area contributed by atoms with Crippen molar-refractivity contribution >= 4 is 28.6 Å². The van der Waals surface area contributed by atoms with Crippen molar-refractivity contribution in [2.45, 2.75) is 12.8 Å². The number of methoxy groups -OCH3 is 1. The summed E-state index contributed by atoms with van der Waals surface area (Å²) in [7, 11) is 1.62. The number of benzene rings is 1. The summed E-state index contributed by atoms with van der Waals surface area (Å²) in [5.41, 5.74) is 1.69. The van der Waals surface area contributed by atoms with Crippen molar-refractivity contribution in [1.82, 2.24) is 14.9 Å². The van der Waals surface area contributed by atoms with E-state index in [1.165, 1.54) is 16.8 Å². The average Bonchev–Trinajstić information content (AvgIpc) is 3.15. The Hall–Kier alpha value is -2.49. The van der Waals surface area contributed by atoms with E-state index in [0.717, 1.165) is 20.4 Å². The third kappa shape index (κ3) is 4.82. The monoisotopic (exact) mass is 481 g/mol. The molecule has 3 aromatic rings. The van der Waals surface area contributed by atoms with Gasteiger partial charge in [0.2, 0.25) is 0 Å². The maximum Gasteiger partial charge on any atom is 0.413 e. The van der Waals surface area contributed by atoms with Gasteiger partial charge in [-0.25, -0.2) is 14.2 Å².